The standard InChI is InChI=1S/C49H36N2O/c1-49(2)42-30-29-40(32-44(42)51-47-41-17-10-9-16-37(41)24-31-46(47)52-45-19-11-18-43(49)48(45)51)50(38-25-20-35(21-26-38)33-12-5-3-6-13-33)39-27-22-36(23-28-39)34-14-7-4-8-15-34/h3-32H,1-2H3. The van der Waals surface area contributed by atoms with Gasteiger partial charge in [-0.2, -0.15) is 0 Å². The fraction of sp³-hybridized carbons (Fsp3) is 0.0612. The predicted octanol–water partition coefficient (Wildman–Crippen LogP) is 13.9. The molecule has 248 valence electrons. The van der Waals surface area contributed by atoms with Crippen molar-refractivity contribution in [3.05, 3.63) is 193 Å². The molecule has 0 atom stereocenters. The molecule has 0 bridgehead atoms. The monoisotopic (exact) mass is 668 g/mol. The van der Waals surface area contributed by atoms with E-state index in [1.165, 1.54) is 44.2 Å². The lowest BCUT2D eigenvalue weighted by Crippen LogP contribution is -2.32. The first kappa shape index (κ1) is 30.3. The Balaban J connectivity index is 1.18. The fourth-order valence-corrected chi connectivity index (χ4v) is 8.19. The van der Waals surface area contributed by atoms with Crippen molar-refractivity contribution in [2.45, 2.75) is 19.3 Å². The van der Waals surface area contributed by atoms with Gasteiger partial charge in [0.1, 0.15) is 0 Å². The number of fused-ring (bicyclic) bond motifs is 6. The van der Waals surface area contributed by atoms with Gasteiger partial charge in [-0.25, -0.2) is 0 Å². The molecule has 52 heavy (non-hydrogen) atoms. The van der Waals surface area contributed by atoms with Crippen LogP contribution in [0.5, 0.6) is 11.5 Å². The maximum absolute atomic E-state index is 6.70. The van der Waals surface area contributed by atoms with Gasteiger partial charge < -0.3 is 14.5 Å². The van der Waals surface area contributed by atoms with Crippen LogP contribution in [-0.4, -0.2) is 0 Å². The number of para-hydroxylation sites is 1. The summed E-state index contributed by atoms with van der Waals surface area (Å²) in [5.74, 6) is 1.75. The van der Waals surface area contributed by atoms with E-state index >= 15 is 0 Å². The van der Waals surface area contributed by atoms with Crippen LogP contribution in [0.1, 0.15) is 25.0 Å². The van der Waals surface area contributed by atoms with Crippen molar-refractivity contribution in [1.29, 1.82) is 0 Å². The van der Waals surface area contributed by atoms with Crippen molar-refractivity contribution in [2.24, 2.45) is 0 Å². The minimum Gasteiger partial charge on any atom is -0.453 e. The zero-order valence-electron chi connectivity index (χ0n) is 29.1. The van der Waals surface area contributed by atoms with Gasteiger partial charge in [0.2, 0.25) is 0 Å². The van der Waals surface area contributed by atoms with Crippen LogP contribution in [0.4, 0.5) is 34.1 Å². The molecule has 0 N–H and O–H groups in total. The lowest BCUT2D eigenvalue weighted by atomic mass is 9.73. The fourth-order valence-electron chi connectivity index (χ4n) is 8.19. The molecule has 0 aromatic heterocycles. The number of hydrogen-bond acceptors (Lipinski definition) is 3. The zero-order chi connectivity index (χ0) is 34.8. The molecular weight excluding hydrogens is 633 g/mol. The van der Waals surface area contributed by atoms with Gasteiger partial charge in [0.25, 0.3) is 0 Å². The molecule has 8 aromatic rings. The molecule has 0 radical (unpaired) electrons. The van der Waals surface area contributed by atoms with Gasteiger partial charge in [0.05, 0.1) is 17.1 Å². The van der Waals surface area contributed by atoms with Gasteiger partial charge in [0, 0.05) is 27.9 Å². The maximum atomic E-state index is 6.70. The van der Waals surface area contributed by atoms with Gasteiger partial charge in [-0.15, -0.1) is 0 Å². The molecule has 0 spiro atoms. The summed E-state index contributed by atoms with van der Waals surface area (Å²) in [6, 6.07) is 65.4. The van der Waals surface area contributed by atoms with E-state index in [-0.39, 0.29) is 5.41 Å². The number of benzene rings is 8. The summed E-state index contributed by atoms with van der Waals surface area (Å²) in [6.07, 6.45) is 0. The summed E-state index contributed by atoms with van der Waals surface area (Å²) in [5.41, 5.74) is 13.7. The smallest absolute Gasteiger partial charge is 0.152 e. The van der Waals surface area contributed by atoms with E-state index in [0.29, 0.717) is 0 Å². The summed E-state index contributed by atoms with van der Waals surface area (Å²) < 4.78 is 6.70. The van der Waals surface area contributed by atoms with E-state index in [1.807, 2.05) is 0 Å². The number of hydrogen-bond donors (Lipinski definition) is 0. The molecule has 0 saturated heterocycles. The largest absolute Gasteiger partial charge is 0.453 e. The molecule has 2 heterocycles. The van der Waals surface area contributed by atoms with Crippen molar-refractivity contribution in [1.82, 2.24) is 0 Å². The highest BCUT2D eigenvalue weighted by Gasteiger charge is 2.42. The van der Waals surface area contributed by atoms with Crippen LogP contribution in [0.3, 0.4) is 0 Å². The minimum absolute atomic E-state index is 0.249. The molecule has 0 saturated carbocycles. The highest BCUT2D eigenvalue weighted by atomic mass is 16.5. The maximum Gasteiger partial charge on any atom is 0.152 e. The van der Waals surface area contributed by atoms with Crippen molar-refractivity contribution in [2.75, 3.05) is 9.80 Å². The van der Waals surface area contributed by atoms with E-state index in [4.69, 9.17) is 4.74 Å². The topological polar surface area (TPSA) is 15.7 Å². The van der Waals surface area contributed by atoms with Gasteiger partial charge >= 0.3 is 0 Å². The Labute approximate surface area is 304 Å². The van der Waals surface area contributed by atoms with Crippen LogP contribution in [0, 0.1) is 0 Å². The first-order valence-corrected chi connectivity index (χ1v) is 17.9. The van der Waals surface area contributed by atoms with Gasteiger partial charge in [-0.3, -0.25) is 0 Å². The summed E-state index contributed by atoms with van der Waals surface area (Å²) in [7, 11) is 0. The van der Waals surface area contributed by atoms with Crippen molar-refractivity contribution in [3.8, 4) is 33.8 Å². The van der Waals surface area contributed by atoms with Crippen molar-refractivity contribution < 1.29 is 4.74 Å². The lowest BCUT2D eigenvalue weighted by Gasteiger charge is -2.45. The molecule has 3 heteroatoms. The highest BCUT2D eigenvalue weighted by molar-refractivity contribution is 6.06. The van der Waals surface area contributed by atoms with Crippen LogP contribution in [0.2, 0.25) is 0 Å². The number of anilines is 6. The first-order chi connectivity index (χ1) is 25.5. The third-order valence-corrected chi connectivity index (χ3v) is 10.8. The minimum atomic E-state index is -0.249. The van der Waals surface area contributed by atoms with E-state index in [2.05, 4.69) is 206 Å². The second-order valence-electron chi connectivity index (χ2n) is 14.2. The third kappa shape index (κ3) is 4.74. The van der Waals surface area contributed by atoms with Crippen LogP contribution in [0.25, 0.3) is 33.0 Å². The lowest BCUT2D eigenvalue weighted by molar-refractivity contribution is 0.472. The van der Waals surface area contributed by atoms with Crippen molar-refractivity contribution >= 4 is 44.9 Å². The molecule has 0 unspecified atom stereocenters. The van der Waals surface area contributed by atoms with Crippen LogP contribution >= 0.6 is 0 Å². The third-order valence-electron chi connectivity index (χ3n) is 10.8. The van der Waals surface area contributed by atoms with Gasteiger partial charge in [0.15, 0.2) is 11.5 Å². The Morgan fingerprint density at radius 1 is 0.442 bits per heavy atom. The highest BCUT2D eigenvalue weighted by Crippen LogP contribution is 2.61. The summed E-state index contributed by atoms with van der Waals surface area (Å²) in [5, 5.41) is 2.35. The van der Waals surface area contributed by atoms with E-state index in [1.54, 1.807) is 0 Å². The second-order valence-corrected chi connectivity index (χ2v) is 14.2. The molecule has 2 aliphatic rings. The summed E-state index contributed by atoms with van der Waals surface area (Å²) in [4.78, 5) is 4.84. The molecule has 0 aliphatic carbocycles. The Morgan fingerprint density at radius 2 is 1.00 bits per heavy atom. The first-order valence-electron chi connectivity index (χ1n) is 17.9. The van der Waals surface area contributed by atoms with E-state index in [9.17, 15) is 0 Å². The quantitative estimate of drug-likeness (QED) is 0.182. The van der Waals surface area contributed by atoms with E-state index < -0.39 is 0 Å². The van der Waals surface area contributed by atoms with Gasteiger partial charge in [-0.05, 0) is 87.3 Å². The Morgan fingerprint density at radius 3 is 1.65 bits per heavy atom. The molecule has 0 fully saturated rings. The Hall–Kier alpha value is -6.58. The molecular formula is C49H36N2O. The normalized spacial score (nSPS) is 13.5. The predicted molar refractivity (Wildman–Crippen MR) is 216 cm³/mol. The average Bonchev–Trinajstić information content (AvgIpc) is 3.20. The van der Waals surface area contributed by atoms with Gasteiger partial charge in [-0.1, -0.05) is 147 Å². The Kier molecular flexibility index (Phi) is 6.84. The SMILES string of the molecule is CC1(C)c2ccc(N(c3ccc(-c4ccccc4)cc3)c3ccc(-c4ccccc4)cc3)cc2N2c3c(cccc31)Oc1ccc3ccccc3c12. The molecule has 0 amide bonds. The van der Waals surface area contributed by atoms with Crippen LogP contribution in [0.15, 0.2) is 182 Å². The zero-order valence-corrected chi connectivity index (χ0v) is 29.1. The molecule has 8 aromatic carbocycles. The number of rotatable bonds is 5. The van der Waals surface area contributed by atoms with Crippen molar-refractivity contribution in [3.63, 3.8) is 0 Å². The summed E-state index contributed by atoms with van der Waals surface area (Å²) in [6.45, 7) is 4.67. The summed E-state index contributed by atoms with van der Waals surface area (Å²) >= 11 is 0. The average molecular weight is 669 g/mol. The number of nitrogens with zero attached hydrogens (tertiary/aromatic N) is 2. The van der Waals surface area contributed by atoms with Crippen LogP contribution < -0.4 is 14.5 Å². The number of ether oxygens (including phenoxy) is 1. The van der Waals surface area contributed by atoms with Crippen LogP contribution in [-0.2, 0) is 5.41 Å². The van der Waals surface area contributed by atoms with E-state index in [0.717, 1.165) is 45.6 Å². The molecule has 10 rings (SSSR count). The second kappa shape index (κ2) is 11.8. The Bertz CT molecular complexity index is 2530. The molecule has 3 nitrogen and oxygen atoms in total. The molecule has 2 aliphatic heterocycles.